The Bertz CT molecular complexity index is 34.6. The molecule has 0 radical (unpaired) electrons. The van der Waals surface area contributed by atoms with Gasteiger partial charge in [0.1, 0.15) is 0 Å². The third-order valence-electron chi connectivity index (χ3n) is 0.103. The molecule has 0 aliphatic heterocycles. The van der Waals surface area contributed by atoms with E-state index in [1.165, 1.54) is 5.54 Å². The van der Waals surface area contributed by atoms with Crippen LogP contribution in [0.5, 0.6) is 0 Å². The van der Waals surface area contributed by atoms with Gasteiger partial charge in [-0.2, -0.15) is 0 Å². The first-order valence-corrected chi connectivity index (χ1v) is 4.62. The van der Waals surface area contributed by atoms with Crippen LogP contribution in [0.15, 0.2) is 10.5 Å². The second-order valence-electron chi connectivity index (χ2n) is 0.351. The molecular weight excluding hydrogens is 174 g/mol. The Labute approximate surface area is 46.5 Å². The van der Waals surface area contributed by atoms with Crippen LogP contribution in [0.3, 0.4) is 0 Å². The second-order valence-corrected chi connectivity index (χ2v) is 2.47. The van der Waals surface area contributed by atoms with Crippen molar-refractivity contribution in [1.29, 1.82) is 0 Å². The summed E-state index contributed by atoms with van der Waals surface area (Å²) in [6.45, 7) is 0. The van der Waals surface area contributed by atoms with Gasteiger partial charge in [-0.25, -0.2) is 0 Å². The average Bonchev–Trinajstić information content (AvgIpc) is 1.41. The van der Waals surface area contributed by atoms with Gasteiger partial charge in [-0.15, -0.1) is 0 Å². The summed E-state index contributed by atoms with van der Waals surface area (Å²) in [5.41, 5.74) is 1.42. The molecule has 30 valence electrons. The van der Waals surface area contributed by atoms with Crippen LogP contribution in [0.1, 0.15) is 0 Å². The molecule has 0 aromatic carbocycles. The van der Waals surface area contributed by atoms with E-state index in [1.54, 1.807) is 4.97 Å². The number of hydrogen-bond acceptors (Lipinski definition) is 0. The minimum atomic E-state index is 0.0851. The van der Waals surface area contributed by atoms with Crippen molar-refractivity contribution in [2.75, 3.05) is 0 Å². The van der Waals surface area contributed by atoms with Crippen molar-refractivity contribution in [3.05, 3.63) is 10.5 Å². The third-order valence-corrected chi connectivity index (χ3v) is 1.60. The molecule has 0 saturated carbocycles. The minimum absolute atomic E-state index is 0.0851. The first kappa shape index (κ1) is 5.84. The SMILES string of the molecule is Cl/C=C\[Se]Cl. The van der Waals surface area contributed by atoms with Crippen LogP contribution in [0.4, 0.5) is 0 Å². The zero-order valence-corrected chi connectivity index (χ0v) is 5.54. The molecular formula is C2H2Cl2Se. The summed E-state index contributed by atoms with van der Waals surface area (Å²) < 4.78 is 0. The van der Waals surface area contributed by atoms with E-state index < -0.39 is 0 Å². The molecule has 3 heteroatoms. The Morgan fingerprint density at radius 1 is 1.60 bits per heavy atom. The first-order valence-electron chi connectivity index (χ1n) is 0.942. The number of halogens is 2. The van der Waals surface area contributed by atoms with E-state index in [4.69, 9.17) is 21.7 Å². The van der Waals surface area contributed by atoms with Crippen molar-refractivity contribution >= 4 is 35.7 Å². The molecule has 0 spiro atoms. The van der Waals surface area contributed by atoms with E-state index in [0.717, 1.165) is 0 Å². The molecule has 0 bridgehead atoms. The van der Waals surface area contributed by atoms with Crippen molar-refractivity contribution in [3.8, 4) is 0 Å². The van der Waals surface area contributed by atoms with Gasteiger partial charge in [-0.05, 0) is 0 Å². The molecule has 0 N–H and O–H groups in total. The van der Waals surface area contributed by atoms with E-state index in [1.807, 2.05) is 0 Å². The van der Waals surface area contributed by atoms with Gasteiger partial charge in [-0.3, -0.25) is 0 Å². The van der Waals surface area contributed by atoms with Crippen molar-refractivity contribution < 1.29 is 0 Å². The van der Waals surface area contributed by atoms with E-state index in [-0.39, 0.29) is 14.0 Å². The molecule has 0 fully saturated rings. The number of hydrogen-bond donors (Lipinski definition) is 0. The van der Waals surface area contributed by atoms with Crippen LogP contribution in [0, 0.1) is 0 Å². The van der Waals surface area contributed by atoms with Crippen molar-refractivity contribution in [2.45, 2.75) is 0 Å². The van der Waals surface area contributed by atoms with Crippen molar-refractivity contribution in [2.24, 2.45) is 0 Å². The molecule has 0 aliphatic rings. The van der Waals surface area contributed by atoms with Crippen LogP contribution >= 0.6 is 21.7 Å². The van der Waals surface area contributed by atoms with Crippen molar-refractivity contribution in [1.82, 2.24) is 0 Å². The Morgan fingerprint density at radius 2 is 2.20 bits per heavy atom. The van der Waals surface area contributed by atoms with Gasteiger partial charge in [0.15, 0.2) is 0 Å². The van der Waals surface area contributed by atoms with Gasteiger partial charge >= 0.3 is 46.3 Å². The fraction of sp³-hybridized carbons (Fsp3) is 0. The van der Waals surface area contributed by atoms with Gasteiger partial charge in [0.05, 0.1) is 0 Å². The van der Waals surface area contributed by atoms with Crippen LogP contribution < -0.4 is 0 Å². The molecule has 0 rings (SSSR count). The maximum absolute atomic E-state index is 5.19. The molecule has 0 atom stereocenters. The molecule has 0 heterocycles. The Balaban J connectivity index is 2.62. The number of rotatable bonds is 1. The predicted molar refractivity (Wildman–Crippen MR) is 26.6 cm³/mol. The Hall–Kier alpha value is 0.839. The van der Waals surface area contributed by atoms with Crippen LogP contribution in [-0.4, -0.2) is 14.0 Å². The topological polar surface area (TPSA) is 0 Å². The summed E-state index contributed by atoms with van der Waals surface area (Å²) in [6, 6.07) is 0. The Morgan fingerprint density at radius 3 is 2.20 bits per heavy atom. The molecule has 0 aliphatic carbocycles. The van der Waals surface area contributed by atoms with Gasteiger partial charge in [0, 0.05) is 0 Å². The van der Waals surface area contributed by atoms with Gasteiger partial charge < -0.3 is 0 Å². The third kappa shape index (κ3) is 4.84. The predicted octanol–water partition coefficient (Wildman–Crippen LogP) is 1.55. The first-order chi connectivity index (χ1) is 2.41. The van der Waals surface area contributed by atoms with Crippen molar-refractivity contribution in [3.63, 3.8) is 0 Å². The quantitative estimate of drug-likeness (QED) is 0.531. The molecule has 0 saturated heterocycles. The molecule has 0 nitrogen and oxygen atoms in total. The van der Waals surface area contributed by atoms with Gasteiger partial charge in [-0.1, -0.05) is 0 Å². The van der Waals surface area contributed by atoms with Crippen LogP contribution in [0.2, 0.25) is 0 Å². The zero-order chi connectivity index (χ0) is 4.12. The Kier molecular flexibility index (Phi) is 5.65. The fourth-order valence-corrected chi connectivity index (χ4v) is 0.909. The monoisotopic (exact) mass is 176 g/mol. The van der Waals surface area contributed by atoms with Crippen LogP contribution in [0.25, 0.3) is 0 Å². The van der Waals surface area contributed by atoms with Crippen LogP contribution in [-0.2, 0) is 0 Å². The fourth-order valence-electron chi connectivity index (χ4n) is 0.0194. The summed E-state index contributed by atoms with van der Waals surface area (Å²) in [5.74, 6) is 0. The summed E-state index contributed by atoms with van der Waals surface area (Å²) in [7, 11) is 5.19. The average molecular weight is 176 g/mol. The van der Waals surface area contributed by atoms with E-state index in [2.05, 4.69) is 0 Å². The molecule has 5 heavy (non-hydrogen) atoms. The van der Waals surface area contributed by atoms with E-state index in [9.17, 15) is 0 Å². The maximum atomic E-state index is 5.19. The van der Waals surface area contributed by atoms with Gasteiger partial charge in [0.25, 0.3) is 0 Å². The van der Waals surface area contributed by atoms with E-state index in [0.29, 0.717) is 0 Å². The summed E-state index contributed by atoms with van der Waals surface area (Å²) >= 11 is 5.14. The normalized spacial score (nSPS) is 10.0. The van der Waals surface area contributed by atoms with E-state index >= 15 is 0 Å². The molecule has 0 aromatic heterocycles. The second kappa shape index (κ2) is 4.84. The molecule has 0 aromatic rings. The zero-order valence-electron chi connectivity index (χ0n) is 2.32. The standard InChI is InChI=1S/C2H2Cl2Se/c3-1-2-5-4/h1-2H/b2-1-. The molecule has 0 unspecified atom stereocenters. The molecule has 0 amide bonds. The summed E-state index contributed by atoms with van der Waals surface area (Å²) in [6.07, 6.45) is 0. The summed E-state index contributed by atoms with van der Waals surface area (Å²) in [4.78, 5) is 1.72. The summed E-state index contributed by atoms with van der Waals surface area (Å²) in [5, 5.41) is 0. The van der Waals surface area contributed by atoms with Gasteiger partial charge in [0.2, 0.25) is 0 Å².